The van der Waals surface area contributed by atoms with Crippen molar-refractivity contribution < 1.29 is 23.4 Å². The van der Waals surface area contributed by atoms with Gasteiger partial charge < -0.3 is 19.9 Å². The van der Waals surface area contributed by atoms with Gasteiger partial charge in [0.05, 0.1) is 18.6 Å². The molecule has 6 nitrogen and oxygen atoms in total. The van der Waals surface area contributed by atoms with Gasteiger partial charge in [-0.25, -0.2) is 9.18 Å². The summed E-state index contributed by atoms with van der Waals surface area (Å²) in [6, 6.07) is 19.3. The van der Waals surface area contributed by atoms with Crippen LogP contribution in [0.25, 0.3) is 0 Å². The summed E-state index contributed by atoms with van der Waals surface area (Å²) in [5.74, 6) is -0.275. The normalized spacial score (nSPS) is 14.8. The minimum Gasteiger partial charge on any atom is -0.497 e. The van der Waals surface area contributed by atoms with Crippen molar-refractivity contribution >= 4 is 5.97 Å². The highest BCUT2D eigenvalue weighted by Gasteiger charge is 2.31. The Kier molecular flexibility index (Phi) is 5.29. The Morgan fingerprint density at radius 2 is 1.74 bits per heavy atom. The highest BCUT2D eigenvalue weighted by molar-refractivity contribution is 5.91. The van der Waals surface area contributed by atoms with E-state index in [0.29, 0.717) is 28.2 Å². The number of methoxy groups -OCH3 is 1. The zero-order chi connectivity index (χ0) is 22.0. The van der Waals surface area contributed by atoms with Crippen LogP contribution >= 0.6 is 0 Å². The van der Waals surface area contributed by atoms with Crippen LogP contribution in [0.4, 0.5) is 4.39 Å². The smallest absolute Gasteiger partial charge is 0.343 e. The quantitative estimate of drug-likeness (QED) is 0.504. The first-order chi connectivity index (χ1) is 15.0. The second-order valence-corrected chi connectivity index (χ2v) is 6.79. The molecule has 0 spiro atoms. The van der Waals surface area contributed by atoms with E-state index < -0.39 is 11.9 Å². The number of carbonyl (C=O) groups excluding carboxylic acids is 1. The first-order valence-electron chi connectivity index (χ1n) is 9.33. The van der Waals surface area contributed by atoms with E-state index >= 15 is 0 Å². The van der Waals surface area contributed by atoms with Crippen LogP contribution in [0.15, 0.2) is 78.2 Å². The second kappa shape index (κ2) is 8.20. The summed E-state index contributed by atoms with van der Waals surface area (Å²) >= 11 is 0. The standard InChI is InChI=1S/C24H17FN2O4/c1-29-17-8-4-15(5-9-17)24(28)30-18-10-11-19-21(12-18)31-23(27)20(13-26)22(19)14-2-6-16(25)7-3-14/h2-12,22H,27H2,1H3. The molecule has 0 amide bonds. The molecule has 4 rings (SSSR count). The predicted octanol–water partition coefficient (Wildman–Crippen LogP) is 4.27. The fraction of sp³-hybridized carbons (Fsp3) is 0.0833. The van der Waals surface area contributed by atoms with Crippen molar-refractivity contribution in [3.8, 4) is 23.3 Å². The van der Waals surface area contributed by atoms with Gasteiger partial charge in [0.2, 0.25) is 5.88 Å². The zero-order valence-corrected chi connectivity index (χ0v) is 16.5. The lowest BCUT2D eigenvalue weighted by Crippen LogP contribution is -2.21. The number of hydrogen-bond donors (Lipinski definition) is 1. The summed E-state index contributed by atoms with van der Waals surface area (Å²) in [5, 5.41) is 9.59. The molecule has 1 atom stereocenters. The van der Waals surface area contributed by atoms with Crippen LogP contribution in [-0.4, -0.2) is 13.1 Å². The zero-order valence-electron chi connectivity index (χ0n) is 16.5. The Hall–Kier alpha value is -4.31. The molecule has 0 aliphatic carbocycles. The average molecular weight is 416 g/mol. The van der Waals surface area contributed by atoms with Gasteiger partial charge in [0, 0.05) is 11.6 Å². The molecular weight excluding hydrogens is 399 g/mol. The van der Waals surface area contributed by atoms with E-state index in [-0.39, 0.29) is 23.0 Å². The summed E-state index contributed by atoms with van der Waals surface area (Å²) in [4.78, 5) is 12.4. The lowest BCUT2D eigenvalue weighted by Gasteiger charge is -2.26. The van der Waals surface area contributed by atoms with Crippen LogP contribution in [0, 0.1) is 17.1 Å². The van der Waals surface area contributed by atoms with Crippen LogP contribution < -0.4 is 19.9 Å². The molecule has 0 saturated carbocycles. The molecule has 1 unspecified atom stereocenters. The Balaban J connectivity index is 1.65. The molecule has 7 heteroatoms. The van der Waals surface area contributed by atoms with Gasteiger partial charge in [0.15, 0.2) is 0 Å². The minimum absolute atomic E-state index is 0.0528. The number of benzene rings is 3. The largest absolute Gasteiger partial charge is 0.497 e. The van der Waals surface area contributed by atoms with Gasteiger partial charge in [0.1, 0.15) is 34.7 Å². The Bertz CT molecular complexity index is 1210. The molecule has 3 aromatic carbocycles. The van der Waals surface area contributed by atoms with Crippen molar-refractivity contribution in [2.45, 2.75) is 5.92 Å². The average Bonchev–Trinajstić information content (AvgIpc) is 2.78. The number of nitrogens with zero attached hydrogens (tertiary/aromatic N) is 1. The van der Waals surface area contributed by atoms with E-state index in [1.807, 2.05) is 0 Å². The number of nitriles is 1. The molecule has 0 saturated heterocycles. The molecular formula is C24H17FN2O4. The number of fused-ring (bicyclic) bond motifs is 1. The van der Waals surface area contributed by atoms with Crippen molar-refractivity contribution in [3.05, 3.63) is 101 Å². The van der Waals surface area contributed by atoms with E-state index in [4.69, 9.17) is 19.9 Å². The Labute approximate surface area is 177 Å². The number of rotatable bonds is 4. The van der Waals surface area contributed by atoms with Gasteiger partial charge >= 0.3 is 5.97 Å². The third kappa shape index (κ3) is 3.91. The molecule has 1 heterocycles. The first-order valence-corrected chi connectivity index (χ1v) is 9.33. The molecule has 154 valence electrons. The van der Waals surface area contributed by atoms with Crippen LogP contribution in [0.3, 0.4) is 0 Å². The third-order valence-corrected chi connectivity index (χ3v) is 4.93. The second-order valence-electron chi connectivity index (χ2n) is 6.79. The van der Waals surface area contributed by atoms with Crippen LogP contribution in [0.1, 0.15) is 27.4 Å². The highest BCUT2D eigenvalue weighted by Crippen LogP contribution is 2.43. The number of ether oxygens (including phenoxy) is 3. The number of halogens is 1. The van der Waals surface area contributed by atoms with Gasteiger partial charge in [-0.3, -0.25) is 0 Å². The van der Waals surface area contributed by atoms with Crippen molar-refractivity contribution in [1.82, 2.24) is 0 Å². The SMILES string of the molecule is COc1ccc(C(=O)Oc2ccc3c(c2)OC(N)=C(C#N)C3c2ccc(F)cc2)cc1. The summed E-state index contributed by atoms with van der Waals surface area (Å²) in [5.41, 5.74) is 7.90. The van der Waals surface area contributed by atoms with E-state index in [9.17, 15) is 14.4 Å². The Morgan fingerprint density at radius 3 is 2.39 bits per heavy atom. The molecule has 0 fully saturated rings. The molecule has 1 aliphatic heterocycles. The van der Waals surface area contributed by atoms with Gasteiger partial charge in [-0.2, -0.15) is 5.26 Å². The molecule has 2 N–H and O–H groups in total. The van der Waals surface area contributed by atoms with Gasteiger partial charge in [-0.05, 0) is 48.0 Å². The van der Waals surface area contributed by atoms with E-state index in [0.717, 1.165) is 0 Å². The predicted molar refractivity (Wildman–Crippen MR) is 110 cm³/mol. The maximum Gasteiger partial charge on any atom is 0.343 e. The minimum atomic E-state index is -0.547. The fourth-order valence-corrected chi connectivity index (χ4v) is 3.39. The molecule has 3 aromatic rings. The van der Waals surface area contributed by atoms with Gasteiger partial charge in [-0.1, -0.05) is 18.2 Å². The number of nitrogens with two attached hydrogens (primary N) is 1. The maximum atomic E-state index is 13.4. The topological polar surface area (TPSA) is 94.6 Å². The highest BCUT2D eigenvalue weighted by atomic mass is 19.1. The lowest BCUT2D eigenvalue weighted by atomic mass is 9.83. The summed E-state index contributed by atoms with van der Waals surface area (Å²) in [6.07, 6.45) is 0. The molecule has 0 bridgehead atoms. The van der Waals surface area contributed by atoms with Gasteiger partial charge in [0.25, 0.3) is 0 Å². The van der Waals surface area contributed by atoms with Crippen molar-refractivity contribution in [2.75, 3.05) is 7.11 Å². The summed E-state index contributed by atoms with van der Waals surface area (Å²) in [6.45, 7) is 0. The van der Waals surface area contributed by atoms with E-state index in [2.05, 4.69) is 6.07 Å². The van der Waals surface area contributed by atoms with E-state index in [1.54, 1.807) is 48.5 Å². The molecule has 0 aromatic heterocycles. The number of esters is 1. The third-order valence-electron chi connectivity index (χ3n) is 4.93. The first kappa shape index (κ1) is 20.0. The molecule has 1 aliphatic rings. The monoisotopic (exact) mass is 416 g/mol. The molecule has 31 heavy (non-hydrogen) atoms. The number of carbonyl (C=O) groups is 1. The van der Waals surface area contributed by atoms with Crippen molar-refractivity contribution in [1.29, 1.82) is 5.26 Å². The number of hydrogen-bond acceptors (Lipinski definition) is 6. The Morgan fingerprint density at radius 1 is 1.06 bits per heavy atom. The lowest BCUT2D eigenvalue weighted by molar-refractivity contribution is 0.0734. The van der Waals surface area contributed by atoms with Gasteiger partial charge in [-0.15, -0.1) is 0 Å². The van der Waals surface area contributed by atoms with Crippen LogP contribution in [-0.2, 0) is 0 Å². The summed E-state index contributed by atoms with van der Waals surface area (Å²) < 4.78 is 29.5. The van der Waals surface area contributed by atoms with E-state index in [1.165, 1.54) is 25.3 Å². The van der Waals surface area contributed by atoms with Crippen LogP contribution in [0.5, 0.6) is 17.2 Å². The molecule has 0 radical (unpaired) electrons. The summed E-state index contributed by atoms with van der Waals surface area (Å²) in [7, 11) is 1.54. The van der Waals surface area contributed by atoms with Crippen LogP contribution in [0.2, 0.25) is 0 Å². The fourth-order valence-electron chi connectivity index (χ4n) is 3.39. The number of allylic oxidation sites excluding steroid dienone is 1. The maximum absolute atomic E-state index is 13.4. The van der Waals surface area contributed by atoms with Crippen molar-refractivity contribution in [2.24, 2.45) is 5.73 Å². The van der Waals surface area contributed by atoms with Crippen molar-refractivity contribution in [3.63, 3.8) is 0 Å².